The van der Waals surface area contributed by atoms with Gasteiger partial charge in [0.05, 0.1) is 19.2 Å². The summed E-state index contributed by atoms with van der Waals surface area (Å²) in [5.74, 6) is 1.43. The van der Waals surface area contributed by atoms with Crippen molar-refractivity contribution in [2.45, 2.75) is 20.1 Å². The zero-order valence-electron chi connectivity index (χ0n) is 18.7. The van der Waals surface area contributed by atoms with E-state index in [9.17, 15) is 4.79 Å². The Balaban J connectivity index is 1.49. The molecule has 0 aliphatic heterocycles. The summed E-state index contributed by atoms with van der Waals surface area (Å²) in [6.45, 7) is 2.53. The first-order valence-corrected chi connectivity index (χ1v) is 10.9. The Kier molecular flexibility index (Phi) is 6.75. The second-order valence-corrected chi connectivity index (χ2v) is 8.06. The van der Waals surface area contributed by atoms with Gasteiger partial charge in [-0.2, -0.15) is 0 Å². The minimum absolute atomic E-state index is 0.166. The Labute approximate surface area is 197 Å². The van der Waals surface area contributed by atoms with Gasteiger partial charge in [-0.15, -0.1) is 0 Å². The molecule has 4 rings (SSSR count). The maximum atomic E-state index is 13.1. The van der Waals surface area contributed by atoms with E-state index in [0.717, 1.165) is 22.2 Å². The molecular formula is C26H24ClN3O3. The van der Waals surface area contributed by atoms with Crippen LogP contribution in [0, 0.1) is 6.92 Å². The molecule has 7 heteroatoms. The summed E-state index contributed by atoms with van der Waals surface area (Å²) in [7, 11) is 3.27. The molecule has 0 fully saturated rings. The number of para-hydroxylation sites is 1. The third-order valence-corrected chi connectivity index (χ3v) is 5.69. The highest BCUT2D eigenvalue weighted by atomic mass is 35.5. The molecule has 0 aliphatic carbocycles. The number of rotatable bonds is 7. The minimum atomic E-state index is -0.166. The molecule has 0 unspecified atom stereocenters. The van der Waals surface area contributed by atoms with Gasteiger partial charge in [-0.1, -0.05) is 48.0 Å². The molecule has 1 amide bonds. The van der Waals surface area contributed by atoms with Crippen molar-refractivity contribution in [1.29, 1.82) is 0 Å². The molecule has 6 nitrogen and oxygen atoms in total. The monoisotopic (exact) mass is 461 g/mol. The molecule has 0 saturated heterocycles. The van der Waals surface area contributed by atoms with Gasteiger partial charge in [-0.05, 0) is 37.3 Å². The van der Waals surface area contributed by atoms with Crippen molar-refractivity contribution >= 4 is 28.4 Å². The second-order valence-electron chi connectivity index (χ2n) is 7.65. The molecule has 0 atom stereocenters. The topological polar surface area (TPSA) is 64.5 Å². The highest BCUT2D eigenvalue weighted by molar-refractivity contribution is 6.31. The Morgan fingerprint density at radius 3 is 2.55 bits per heavy atom. The van der Waals surface area contributed by atoms with Gasteiger partial charge in [0, 0.05) is 34.3 Å². The van der Waals surface area contributed by atoms with E-state index in [4.69, 9.17) is 21.1 Å². The van der Waals surface area contributed by atoms with Crippen molar-refractivity contribution in [2.24, 2.45) is 0 Å². The predicted molar refractivity (Wildman–Crippen MR) is 129 cm³/mol. The highest BCUT2D eigenvalue weighted by Crippen LogP contribution is 2.30. The van der Waals surface area contributed by atoms with Crippen molar-refractivity contribution in [3.05, 3.63) is 94.4 Å². The molecule has 0 saturated carbocycles. The number of nitrogens with zero attached hydrogens (tertiary/aromatic N) is 3. The molecule has 4 aromatic rings. The van der Waals surface area contributed by atoms with E-state index in [-0.39, 0.29) is 12.5 Å². The van der Waals surface area contributed by atoms with E-state index < -0.39 is 0 Å². The second kappa shape index (κ2) is 9.88. The van der Waals surface area contributed by atoms with E-state index >= 15 is 0 Å². The highest BCUT2D eigenvalue weighted by Gasteiger charge is 2.17. The first-order chi connectivity index (χ1) is 16.0. The molecular weight excluding hydrogens is 438 g/mol. The zero-order chi connectivity index (χ0) is 23.4. The van der Waals surface area contributed by atoms with Gasteiger partial charge >= 0.3 is 0 Å². The molecule has 0 spiro atoms. The van der Waals surface area contributed by atoms with Crippen LogP contribution in [0.15, 0.2) is 66.7 Å². The van der Waals surface area contributed by atoms with Gasteiger partial charge in [-0.25, -0.2) is 9.97 Å². The standard InChI is InChI=1S/C26H24ClN3O3/c1-17-20-9-5-7-11-22(20)29-25(28-17)15-30(2)26(31)18-12-13-23(24(14-18)32-3)33-16-19-8-4-6-10-21(19)27/h4-14H,15-16H2,1-3H3. The normalized spacial score (nSPS) is 10.8. The SMILES string of the molecule is COc1cc(C(=O)N(C)Cc2nc(C)c3ccccc3n2)ccc1OCc1ccccc1Cl. The molecule has 1 heterocycles. The number of carbonyl (C=O) groups excluding carboxylic acids is 1. The van der Waals surface area contributed by atoms with Crippen LogP contribution in [0.3, 0.4) is 0 Å². The first kappa shape index (κ1) is 22.6. The van der Waals surface area contributed by atoms with Gasteiger partial charge in [0.2, 0.25) is 0 Å². The van der Waals surface area contributed by atoms with E-state index in [0.29, 0.717) is 34.5 Å². The van der Waals surface area contributed by atoms with Crippen molar-refractivity contribution in [1.82, 2.24) is 14.9 Å². The number of hydrogen-bond acceptors (Lipinski definition) is 5. The maximum Gasteiger partial charge on any atom is 0.254 e. The van der Waals surface area contributed by atoms with E-state index in [1.54, 1.807) is 37.3 Å². The molecule has 0 radical (unpaired) electrons. The molecule has 0 N–H and O–H groups in total. The van der Waals surface area contributed by atoms with Crippen LogP contribution in [-0.2, 0) is 13.2 Å². The van der Waals surface area contributed by atoms with Crippen LogP contribution in [-0.4, -0.2) is 34.9 Å². The summed E-state index contributed by atoms with van der Waals surface area (Å²) in [6.07, 6.45) is 0. The predicted octanol–water partition coefficient (Wildman–Crippen LogP) is 5.45. The van der Waals surface area contributed by atoms with E-state index in [2.05, 4.69) is 9.97 Å². The Morgan fingerprint density at radius 1 is 1.00 bits per heavy atom. The number of hydrogen-bond donors (Lipinski definition) is 0. The fraction of sp³-hybridized carbons (Fsp3) is 0.192. The van der Waals surface area contributed by atoms with Crippen LogP contribution in [0.2, 0.25) is 5.02 Å². The number of halogens is 1. The quantitative estimate of drug-likeness (QED) is 0.366. The van der Waals surface area contributed by atoms with Crippen LogP contribution in [0.4, 0.5) is 0 Å². The molecule has 0 bridgehead atoms. The Hall–Kier alpha value is -3.64. The largest absolute Gasteiger partial charge is 0.493 e. The lowest BCUT2D eigenvalue weighted by Gasteiger charge is -2.18. The third kappa shape index (κ3) is 5.07. The van der Waals surface area contributed by atoms with E-state index in [1.165, 1.54) is 0 Å². The number of carbonyl (C=O) groups is 1. The zero-order valence-corrected chi connectivity index (χ0v) is 19.5. The summed E-state index contributed by atoms with van der Waals surface area (Å²) in [5.41, 5.74) is 3.10. The van der Waals surface area contributed by atoms with Gasteiger partial charge in [0.15, 0.2) is 11.5 Å². The molecule has 0 aliphatic rings. The molecule has 1 aromatic heterocycles. The maximum absolute atomic E-state index is 13.1. The number of methoxy groups -OCH3 is 1. The minimum Gasteiger partial charge on any atom is -0.493 e. The summed E-state index contributed by atoms with van der Waals surface area (Å²) in [6, 6.07) is 20.4. The van der Waals surface area contributed by atoms with Crippen LogP contribution in [0.25, 0.3) is 10.9 Å². The summed E-state index contributed by atoms with van der Waals surface area (Å²) >= 11 is 6.20. The number of amides is 1. The lowest BCUT2D eigenvalue weighted by molar-refractivity contribution is 0.0781. The van der Waals surface area contributed by atoms with Crippen LogP contribution < -0.4 is 9.47 Å². The number of ether oxygens (including phenoxy) is 2. The van der Waals surface area contributed by atoms with Gasteiger partial charge in [-0.3, -0.25) is 4.79 Å². The fourth-order valence-electron chi connectivity index (χ4n) is 3.56. The Morgan fingerprint density at radius 2 is 1.76 bits per heavy atom. The smallest absolute Gasteiger partial charge is 0.254 e. The third-order valence-electron chi connectivity index (χ3n) is 5.32. The lowest BCUT2D eigenvalue weighted by atomic mass is 10.1. The number of benzene rings is 3. The summed E-state index contributed by atoms with van der Waals surface area (Å²) in [4.78, 5) is 23.8. The number of aromatic nitrogens is 2. The van der Waals surface area contributed by atoms with Gasteiger partial charge < -0.3 is 14.4 Å². The van der Waals surface area contributed by atoms with Crippen molar-refractivity contribution in [2.75, 3.05) is 14.2 Å². The molecule has 3 aromatic carbocycles. The first-order valence-electron chi connectivity index (χ1n) is 10.5. The average molecular weight is 462 g/mol. The van der Waals surface area contributed by atoms with Gasteiger partial charge in [0.1, 0.15) is 12.4 Å². The van der Waals surface area contributed by atoms with Gasteiger partial charge in [0.25, 0.3) is 5.91 Å². The van der Waals surface area contributed by atoms with Crippen LogP contribution in [0.1, 0.15) is 27.4 Å². The van der Waals surface area contributed by atoms with E-state index in [1.807, 2.05) is 55.5 Å². The fourth-order valence-corrected chi connectivity index (χ4v) is 3.75. The van der Waals surface area contributed by atoms with Crippen molar-refractivity contribution in [3.63, 3.8) is 0 Å². The lowest BCUT2D eigenvalue weighted by Crippen LogP contribution is -2.27. The van der Waals surface area contributed by atoms with Crippen LogP contribution in [0.5, 0.6) is 11.5 Å². The summed E-state index contributed by atoms with van der Waals surface area (Å²) < 4.78 is 11.3. The molecule has 33 heavy (non-hydrogen) atoms. The summed E-state index contributed by atoms with van der Waals surface area (Å²) in [5, 5.41) is 1.64. The molecule has 168 valence electrons. The van der Waals surface area contributed by atoms with Crippen molar-refractivity contribution in [3.8, 4) is 11.5 Å². The average Bonchev–Trinajstić information content (AvgIpc) is 2.83. The van der Waals surface area contributed by atoms with Crippen molar-refractivity contribution < 1.29 is 14.3 Å². The van der Waals surface area contributed by atoms with Crippen LogP contribution >= 0.6 is 11.6 Å². The Bertz CT molecular complexity index is 1310. The number of aryl methyl sites for hydroxylation is 1. The number of fused-ring (bicyclic) bond motifs is 1.